The Bertz CT molecular complexity index is 1110. The van der Waals surface area contributed by atoms with Crippen molar-refractivity contribution < 1.29 is 4.79 Å². The molecule has 3 aromatic heterocycles. The molecule has 29 heavy (non-hydrogen) atoms. The number of H-pyrrole nitrogens is 1. The molecule has 0 bridgehead atoms. The van der Waals surface area contributed by atoms with Gasteiger partial charge < -0.3 is 15.2 Å². The number of aromatic amines is 1. The third-order valence-electron chi connectivity index (χ3n) is 5.66. The number of pyridine rings is 1. The molecule has 0 aliphatic carbocycles. The molecule has 4 heterocycles. The summed E-state index contributed by atoms with van der Waals surface area (Å²) in [4.78, 5) is 28.2. The second-order valence-corrected chi connectivity index (χ2v) is 8.44. The lowest BCUT2D eigenvalue weighted by Crippen LogP contribution is -2.41. The number of benzene rings is 1. The van der Waals surface area contributed by atoms with Gasteiger partial charge in [-0.1, -0.05) is 29.5 Å². The smallest absolute Gasteiger partial charge is 0.223 e. The zero-order chi connectivity index (χ0) is 19.6. The third-order valence-corrected chi connectivity index (χ3v) is 6.70. The van der Waals surface area contributed by atoms with E-state index in [4.69, 9.17) is 0 Å². The highest BCUT2D eigenvalue weighted by atomic mass is 32.1. The number of fused-ring (bicyclic) bond motifs is 2. The summed E-state index contributed by atoms with van der Waals surface area (Å²) in [6, 6.07) is 12.2. The standard InChI is InChI=1S/C22H23N5OS/c28-20(23-11-7-16-14-25-18-5-2-1-4-17(16)18)15-8-12-27(13-9-15)22-26-19-6-3-10-24-21(19)29-22/h1-6,10,14-15,25H,7-9,11-13H2,(H,23,28). The summed E-state index contributed by atoms with van der Waals surface area (Å²) in [5, 5.41) is 5.38. The predicted molar refractivity (Wildman–Crippen MR) is 117 cm³/mol. The number of carbonyl (C=O) groups excluding carboxylic acids is 1. The van der Waals surface area contributed by atoms with E-state index in [2.05, 4.69) is 37.3 Å². The molecule has 1 aliphatic rings. The van der Waals surface area contributed by atoms with Crippen LogP contribution < -0.4 is 10.2 Å². The molecule has 7 heteroatoms. The molecule has 0 radical (unpaired) electrons. The molecule has 4 aromatic rings. The first kappa shape index (κ1) is 18.1. The molecule has 1 fully saturated rings. The van der Waals surface area contributed by atoms with Gasteiger partial charge in [0, 0.05) is 48.8 Å². The predicted octanol–water partition coefficient (Wildman–Crippen LogP) is 3.75. The average molecular weight is 406 g/mol. The van der Waals surface area contributed by atoms with Gasteiger partial charge in [0.15, 0.2) is 5.13 Å². The van der Waals surface area contributed by atoms with Gasteiger partial charge in [0.05, 0.1) is 0 Å². The van der Waals surface area contributed by atoms with Crippen molar-refractivity contribution in [2.75, 3.05) is 24.5 Å². The summed E-state index contributed by atoms with van der Waals surface area (Å²) in [6.07, 6.45) is 6.41. The summed E-state index contributed by atoms with van der Waals surface area (Å²) in [7, 11) is 0. The van der Waals surface area contributed by atoms with Crippen LogP contribution in [-0.4, -0.2) is 40.5 Å². The van der Waals surface area contributed by atoms with Crippen molar-refractivity contribution in [2.24, 2.45) is 5.92 Å². The largest absolute Gasteiger partial charge is 0.361 e. The number of anilines is 1. The number of hydrogen-bond donors (Lipinski definition) is 2. The van der Waals surface area contributed by atoms with Crippen molar-refractivity contribution in [3.05, 3.63) is 54.4 Å². The zero-order valence-electron chi connectivity index (χ0n) is 16.1. The zero-order valence-corrected chi connectivity index (χ0v) is 16.9. The summed E-state index contributed by atoms with van der Waals surface area (Å²) in [6.45, 7) is 2.39. The molecule has 0 spiro atoms. The van der Waals surface area contributed by atoms with Crippen molar-refractivity contribution in [1.82, 2.24) is 20.3 Å². The molecule has 0 atom stereocenters. The molecular weight excluding hydrogens is 382 g/mol. The second-order valence-electron chi connectivity index (χ2n) is 7.49. The molecular formula is C22H23N5OS. The summed E-state index contributed by atoms with van der Waals surface area (Å²) >= 11 is 1.63. The molecule has 1 aliphatic heterocycles. The highest BCUT2D eigenvalue weighted by molar-refractivity contribution is 7.21. The van der Waals surface area contributed by atoms with Crippen LogP contribution in [0, 0.1) is 5.92 Å². The SMILES string of the molecule is O=C(NCCc1c[nH]c2ccccc12)C1CCN(c2nc3cccnc3s2)CC1. The van der Waals surface area contributed by atoms with Crippen molar-refractivity contribution in [1.29, 1.82) is 0 Å². The van der Waals surface area contributed by atoms with E-state index in [9.17, 15) is 4.79 Å². The van der Waals surface area contributed by atoms with Gasteiger partial charge in [-0.05, 0) is 43.0 Å². The summed E-state index contributed by atoms with van der Waals surface area (Å²) in [5.41, 5.74) is 3.34. The Balaban J connectivity index is 1.13. The van der Waals surface area contributed by atoms with Crippen LogP contribution in [-0.2, 0) is 11.2 Å². The molecule has 0 unspecified atom stereocenters. The van der Waals surface area contributed by atoms with Crippen LogP contribution in [0.3, 0.4) is 0 Å². The van der Waals surface area contributed by atoms with Gasteiger partial charge in [0.2, 0.25) is 5.91 Å². The number of nitrogens with one attached hydrogen (secondary N) is 2. The maximum Gasteiger partial charge on any atom is 0.223 e. The molecule has 1 saturated heterocycles. The summed E-state index contributed by atoms with van der Waals surface area (Å²) < 4.78 is 0. The van der Waals surface area contributed by atoms with Gasteiger partial charge in [-0.25, -0.2) is 9.97 Å². The second kappa shape index (κ2) is 7.83. The third kappa shape index (κ3) is 3.70. The number of amides is 1. The van der Waals surface area contributed by atoms with Crippen LogP contribution in [0.1, 0.15) is 18.4 Å². The normalized spacial score (nSPS) is 15.2. The Labute approximate surface area is 173 Å². The lowest BCUT2D eigenvalue weighted by molar-refractivity contribution is -0.125. The minimum atomic E-state index is 0.0849. The number of rotatable bonds is 5. The highest BCUT2D eigenvalue weighted by Gasteiger charge is 2.26. The minimum absolute atomic E-state index is 0.0849. The quantitative estimate of drug-likeness (QED) is 0.530. The van der Waals surface area contributed by atoms with Crippen molar-refractivity contribution in [2.45, 2.75) is 19.3 Å². The van der Waals surface area contributed by atoms with Gasteiger partial charge in [0.25, 0.3) is 0 Å². The Morgan fingerprint density at radius 3 is 2.93 bits per heavy atom. The van der Waals surface area contributed by atoms with Crippen molar-refractivity contribution in [3.63, 3.8) is 0 Å². The number of nitrogens with zero attached hydrogens (tertiary/aromatic N) is 3. The lowest BCUT2D eigenvalue weighted by Gasteiger charge is -2.31. The Hall–Kier alpha value is -2.93. The molecule has 5 rings (SSSR count). The van der Waals surface area contributed by atoms with E-state index in [1.165, 1.54) is 10.9 Å². The first-order valence-electron chi connectivity index (χ1n) is 10.1. The van der Waals surface area contributed by atoms with Crippen LogP contribution in [0.4, 0.5) is 5.13 Å². The van der Waals surface area contributed by atoms with Gasteiger partial charge in [-0.3, -0.25) is 4.79 Å². The van der Waals surface area contributed by atoms with Crippen LogP contribution >= 0.6 is 11.3 Å². The topological polar surface area (TPSA) is 73.9 Å². The molecule has 1 amide bonds. The van der Waals surface area contributed by atoms with Gasteiger partial charge >= 0.3 is 0 Å². The van der Waals surface area contributed by atoms with E-state index in [0.29, 0.717) is 6.54 Å². The van der Waals surface area contributed by atoms with Gasteiger partial charge in [0.1, 0.15) is 10.3 Å². The van der Waals surface area contributed by atoms with Crippen molar-refractivity contribution >= 4 is 43.6 Å². The first-order valence-corrected chi connectivity index (χ1v) is 10.9. The fraction of sp³-hybridized carbons (Fsp3) is 0.318. The Morgan fingerprint density at radius 1 is 1.21 bits per heavy atom. The van der Waals surface area contributed by atoms with Crippen LogP contribution in [0.15, 0.2) is 48.8 Å². The highest BCUT2D eigenvalue weighted by Crippen LogP contribution is 2.30. The van der Waals surface area contributed by atoms with Crippen LogP contribution in [0.5, 0.6) is 0 Å². The maximum atomic E-state index is 12.6. The minimum Gasteiger partial charge on any atom is -0.361 e. The van der Waals surface area contributed by atoms with Crippen LogP contribution in [0.25, 0.3) is 21.3 Å². The van der Waals surface area contributed by atoms with E-state index in [1.54, 1.807) is 17.5 Å². The fourth-order valence-corrected chi connectivity index (χ4v) is 4.99. The van der Waals surface area contributed by atoms with E-state index in [1.807, 2.05) is 30.5 Å². The van der Waals surface area contributed by atoms with Crippen LogP contribution in [0.2, 0.25) is 0 Å². The molecule has 6 nitrogen and oxygen atoms in total. The van der Waals surface area contributed by atoms with E-state index in [0.717, 1.165) is 53.3 Å². The maximum absolute atomic E-state index is 12.6. The van der Waals surface area contributed by atoms with Gasteiger partial charge in [-0.2, -0.15) is 0 Å². The fourth-order valence-electron chi connectivity index (χ4n) is 4.03. The van der Waals surface area contributed by atoms with Gasteiger partial charge in [-0.15, -0.1) is 0 Å². The molecule has 148 valence electrons. The first-order chi connectivity index (χ1) is 14.3. The Morgan fingerprint density at radius 2 is 2.07 bits per heavy atom. The van der Waals surface area contributed by atoms with E-state index in [-0.39, 0.29) is 11.8 Å². The number of piperidine rings is 1. The molecule has 0 saturated carbocycles. The molecule has 1 aromatic carbocycles. The number of thiazole rings is 1. The average Bonchev–Trinajstić information content (AvgIpc) is 3.38. The molecule has 2 N–H and O–H groups in total. The summed E-state index contributed by atoms with van der Waals surface area (Å²) in [5.74, 6) is 0.261. The monoisotopic (exact) mass is 405 g/mol. The Kier molecular flexibility index (Phi) is 4.89. The number of aromatic nitrogens is 3. The van der Waals surface area contributed by atoms with E-state index >= 15 is 0 Å². The number of hydrogen-bond acceptors (Lipinski definition) is 5. The van der Waals surface area contributed by atoms with Crippen molar-refractivity contribution in [3.8, 4) is 0 Å². The lowest BCUT2D eigenvalue weighted by atomic mass is 9.96. The number of para-hydroxylation sites is 1. The van der Waals surface area contributed by atoms with E-state index < -0.39 is 0 Å². The number of carbonyl (C=O) groups is 1.